The van der Waals surface area contributed by atoms with Gasteiger partial charge in [-0.2, -0.15) is 0 Å². The summed E-state index contributed by atoms with van der Waals surface area (Å²) >= 11 is 5.34. The van der Waals surface area contributed by atoms with Crippen LogP contribution in [0.4, 0.5) is 0 Å². The van der Waals surface area contributed by atoms with Gasteiger partial charge in [-0.15, -0.1) is 23.9 Å². The standard InChI is InChI=1S/C7H12ClNO2S/c1-2-3-6-9-12(10,11)7-4-5-8/h1,9H,3-7H2. The molecule has 0 bridgehead atoms. The summed E-state index contributed by atoms with van der Waals surface area (Å²) in [4.78, 5) is 0. The summed E-state index contributed by atoms with van der Waals surface area (Å²) < 4.78 is 24.4. The van der Waals surface area contributed by atoms with Crippen molar-refractivity contribution in [1.82, 2.24) is 4.72 Å². The van der Waals surface area contributed by atoms with Crippen molar-refractivity contribution in [2.75, 3.05) is 18.2 Å². The van der Waals surface area contributed by atoms with Crippen LogP contribution in [0, 0.1) is 12.3 Å². The zero-order valence-electron chi connectivity index (χ0n) is 6.72. The summed E-state index contributed by atoms with van der Waals surface area (Å²) in [6.45, 7) is 0.307. The van der Waals surface area contributed by atoms with Gasteiger partial charge in [-0.05, 0) is 6.42 Å². The van der Waals surface area contributed by atoms with E-state index < -0.39 is 10.0 Å². The maximum Gasteiger partial charge on any atom is 0.211 e. The van der Waals surface area contributed by atoms with Crippen molar-refractivity contribution >= 4 is 21.6 Å². The lowest BCUT2D eigenvalue weighted by atomic mass is 10.5. The average Bonchev–Trinajstić information content (AvgIpc) is 2.01. The predicted molar refractivity (Wildman–Crippen MR) is 50.6 cm³/mol. The highest BCUT2D eigenvalue weighted by atomic mass is 35.5. The monoisotopic (exact) mass is 209 g/mol. The van der Waals surface area contributed by atoms with E-state index in [1.165, 1.54) is 0 Å². The van der Waals surface area contributed by atoms with Gasteiger partial charge in [-0.3, -0.25) is 0 Å². The van der Waals surface area contributed by atoms with Crippen molar-refractivity contribution in [2.45, 2.75) is 12.8 Å². The summed E-state index contributed by atoms with van der Waals surface area (Å²) in [7, 11) is -3.15. The second-order valence-corrected chi connectivity index (χ2v) is 4.51. The Morgan fingerprint density at radius 1 is 1.50 bits per heavy atom. The topological polar surface area (TPSA) is 46.2 Å². The normalized spacial score (nSPS) is 11.0. The molecule has 0 spiro atoms. The number of halogens is 1. The molecule has 0 aromatic carbocycles. The number of alkyl halides is 1. The first-order valence-electron chi connectivity index (χ1n) is 3.59. The maximum absolute atomic E-state index is 11.0. The summed E-state index contributed by atoms with van der Waals surface area (Å²) in [5, 5.41) is 0. The molecule has 3 nitrogen and oxygen atoms in total. The molecule has 0 unspecified atom stereocenters. The molecule has 0 heterocycles. The molecule has 12 heavy (non-hydrogen) atoms. The largest absolute Gasteiger partial charge is 0.214 e. The lowest BCUT2D eigenvalue weighted by Crippen LogP contribution is -2.27. The molecule has 0 saturated carbocycles. The second-order valence-electron chi connectivity index (χ2n) is 2.21. The minimum atomic E-state index is -3.15. The number of terminal acetylenes is 1. The molecule has 0 rings (SSSR count). The first-order chi connectivity index (χ1) is 5.62. The fourth-order valence-corrected chi connectivity index (χ4v) is 1.97. The van der Waals surface area contributed by atoms with Crippen molar-refractivity contribution in [3.63, 3.8) is 0 Å². The average molecular weight is 210 g/mol. The summed E-state index contributed by atoms with van der Waals surface area (Å²) in [6, 6.07) is 0. The van der Waals surface area contributed by atoms with Crippen LogP contribution in [0.25, 0.3) is 0 Å². The second kappa shape index (κ2) is 6.30. The fourth-order valence-electron chi connectivity index (χ4n) is 0.595. The minimum absolute atomic E-state index is 0.0705. The van der Waals surface area contributed by atoms with E-state index in [0.717, 1.165) is 0 Å². The van der Waals surface area contributed by atoms with Crippen LogP contribution in [0.15, 0.2) is 0 Å². The molecule has 0 aliphatic heterocycles. The number of hydrogen-bond acceptors (Lipinski definition) is 2. The van der Waals surface area contributed by atoms with E-state index in [-0.39, 0.29) is 5.75 Å². The molecular weight excluding hydrogens is 198 g/mol. The van der Waals surface area contributed by atoms with Crippen molar-refractivity contribution in [3.8, 4) is 12.3 Å². The van der Waals surface area contributed by atoms with Crippen LogP contribution in [0.5, 0.6) is 0 Å². The Kier molecular flexibility index (Phi) is 6.17. The molecule has 0 aromatic rings. The summed E-state index contributed by atoms with van der Waals surface area (Å²) in [5.74, 6) is 2.77. The zero-order valence-corrected chi connectivity index (χ0v) is 8.29. The Labute approximate surface area is 78.5 Å². The smallest absolute Gasteiger partial charge is 0.211 e. The van der Waals surface area contributed by atoms with Crippen molar-refractivity contribution in [3.05, 3.63) is 0 Å². The fraction of sp³-hybridized carbons (Fsp3) is 0.714. The zero-order chi connectivity index (χ0) is 9.45. The van der Waals surface area contributed by atoms with Gasteiger partial charge in [0.15, 0.2) is 0 Å². The third-order valence-corrected chi connectivity index (χ3v) is 2.88. The SMILES string of the molecule is C#CCCNS(=O)(=O)CCCCl. The molecule has 1 N–H and O–H groups in total. The summed E-state index contributed by atoms with van der Waals surface area (Å²) in [5.41, 5.74) is 0. The van der Waals surface area contributed by atoms with E-state index in [9.17, 15) is 8.42 Å². The molecule has 5 heteroatoms. The first-order valence-corrected chi connectivity index (χ1v) is 5.78. The van der Waals surface area contributed by atoms with Gasteiger partial charge in [-0.1, -0.05) is 0 Å². The molecule has 0 aliphatic carbocycles. The van der Waals surface area contributed by atoms with Crippen molar-refractivity contribution in [1.29, 1.82) is 0 Å². The van der Waals surface area contributed by atoms with Crippen molar-refractivity contribution < 1.29 is 8.42 Å². The van der Waals surface area contributed by atoms with Crippen LogP contribution in [-0.4, -0.2) is 26.6 Å². The van der Waals surface area contributed by atoms with E-state index in [4.69, 9.17) is 18.0 Å². The molecule has 0 fully saturated rings. The highest BCUT2D eigenvalue weighted by Crippen LogP contribution is 1.91. The first kappa shape index (κ1) is 11.8. The third-order valence-electron chi connectivity index (χ3n) is 1.14. The number of rotatable bonds is 6. The molecule has 0 radical (unpaired) electrons. The van der Waals surface area contributed by atoms with Gasteiger partial charge in [0.2, 0.25) is 10.0 Å². The third kappa shape index (κ3) is 6.47. The van der Waals surface area contributed by atoms with Gasteiger partial charge < -0.3 is 0 Å². The van der Waals surface area contributed by atoms with Gasteiger partial charge in [0.25, 0.3) is 0 Å². The summed E-state index contributed by atoms with van der Waals surface area (Å²) in [6.07, 6.45) is 5.83. The molecule has 0 atom stereocenters. The number of sulfonamides is 1. The van der Waals surface area contributed by atoms with E-state index in [2.05, 4.69) is 10.6 Å². The highest BCUT2D eigenvalue weighted by Gasteiger charge is 2.07. The lowest BCUT2D eigenvalue weighted by molar-refractivity contribution is 0.581. The van der Waals surface area contributed by atoms with Crippen LogP contribution in [0.1, 0.15) is 12.8 Å². The lowest BCUT2D eigenvalue weighted by Gasteiger charge is -2.02. The van der Waals surface area contributed by atoms with Crippen LogP contribution >= 0.6 is 11.6 Å². The Morgan fingerprint density at radius 2 is 2.17 bits per heavy atom. The Hall–Kier alpha value is -0.240. The van der Waals surface area contributed by atoms with E-state index >= 15 is 0 Å². The van der Waals surface area contributed by atoms with Crippen LogP contribution < -0.4 is 4.72 Å². The van der Waals surface area contributed by atoms with Gasteiger partial charge in [0.05, 0.1) is 5.75 Å². The Balaban J connectivity index is 3.67. The molecular formula is C7H12ClNO2S. The molecule has 0 aromatic heterocycles. The minimum Gasteiger partial charge on any atom is -0.214 e. The quantitative estimate of drug-likeness (QED) is 0.395. The predicted octanol–water partition coefficient (Wildman–Crippen LogP) is 0.558. The Bertz CT molecular complexity index is 243. The van der Waals surface area contributed by atoms with Crippen molar-refractivity contribution in [2.24, 2.45) is 0 Å². The van der Waals surface area contributed by atoms with Crippen LogP contribution in [-0.2, 0) is 10.0 Å². The van der Waals surface area contributed by atoms with Crippen LogP contribution in [0.3, 0.4) is 0 Å². The van der Waals surface area contributed by atoms with Gasteiger partial charge in [0, 0.05) is 18.8 Å². The molecule has 0 amide bonds. The van der Waals surface area contributed by atoms with Crippen LogP contribution in [0.2, 0.25) is 0 Å². The highest BCUT2D eigenvalue weighted by molar-refractivity contribution is 7.89. The molecule has 0 aliphatic rings. The van der Waals surface area contributed by atoms with Gasteiger partial charge in [-0.25, -0.2) is 13.1 Å². The Morgan fingerprint density at radius 3 is 2.67 bits per heavy atom. The molecule has 0 saturated heterocycles. The number of hydrogen-bond donors (Lipinski definition) is 1. The molecule has 70 valence electrons. The van der Waals surface area contributed by atoms with Gasteiger partial charge >= 0.3 is 0 Å². The van der Waals surface area contributed by atoms with Gasteiger partial charge in [0.1, 0.15) is 0 Å². The van der Waals surface area contributed by atoms with E-state index in [0.29, 0.717) is 25.3 Å². The van der Waals surface area contributed by atoms with E-state index in [1.54, 1.807) is 0 Å². The van der Waals surface area contributed by atoms with E-state index in [1.807, 2.05) is 0 Å². The maximum atomic E-state index is 11.0. The number of nitrogens with one attached hydrogen (secondary N) is 1.